The first-order valence-corrected chi connectivity index (χ1v) is 6.95. The lowest BCUT2D eigenvalue weighted by Gasteiger charge is -2.18. The van der Waals surface area contributed by atoms with Crippen molar-refractivity contribution in [1.29, 1.82) is 0 Å². The van der Waals surface area contributed by atoms with Crippen molar-refractivity contribution in [2.24, 2.45) is 5.14 Å². The number of carbonyl (C=O) groups excluding carboxylic acids is 1. The second-order valence-electron chi connectivity index (χ2n) is 4.22. The molecule has 1 rings (SSSR count). The molecule has 0 bridgehead atoms. The number of benzene rings is 1. The number of alkyl halides is 2. The van der Waals surface area contributed by atoms with Crippen molar-refractivity contribution in [1.82, 2.24) is 4.90 Å². The van der Waals surface area contributed by atoms with Gasteiger partial charge in [-0.2, -0.15) is 0 Å². The van der Waals surface area contributed by atoms with Crippen molar-refractivity contribution in [3.8, 4) is 0 Å². The molecule has 0 saturated heterocycles. The Morgan fingerprint density at radius 2 is 1.95 bits per heavy atom. The summed E-state index contributed by atoms with van der Waals surface area (Å²) in [5.41, 5.74) is -0.734. The Bertz CT molecular complexity index is 632. The van der Waals surface area contributed by atoms with Gasteiger partial charge in [-0.3, -0.25) is 4.79 Å². The van der Waals surface area contributed by atoms with Crippen molar-refractivity contribution >= 4 is 15.9 Å². The highest BCUT2D eigenvalue weighted by Crippen LogP contribution is 2.20. The molecular weight excluding hydrogens is 297 g/mol. The number of amides is 1. The van der Waals surface area contributed by atoms with Crippen LogP contribution in [0.15, 0.2) is 17.0 Å². The van der Waals surface area contributed by atoms with E-state index in [1.807, 2.05) is 0 Å². The van der Waals surface area contributed by atoms with E-state index in [1.165, 1.54) is 6.92 Å². The molecule has 0 spiro atoms. The molecule has 0 aliphatic heterocycles. The Balaban J connectivity index is 3.31. The number of nitrogens with two attached hydrogens (primary N) is 1. The van der Waals surface area contributed by atoms with Crippen molar-refractivity contribution < 1.29 is 26.4 Å². The highest BCUT2D eigenvalue weighted by molar-refractivity contribution is 7.89. The zero-order chi connectivity index (χ0) is 15.7. The Morgan fingerprint density at radius 1 is 1.40 bits per heavy atom. The smallest absolute Gasteiger partial charge is 0.256 e. The van der Waals surface area contributed by atoms with Crippen LogP contribution >= 0.6 is 0 Å². The summed E-state index contributed by atoms with van der Waals surface area (Å²) >= 11 is 0. The molecule has 0 aromatic heterocycles. The minimum Gasteiger partial charge on any atom is -0.336 e. The van der Waals surface area contributed by atoms with Gasteiger partial charge >= 0.3 is 0 Å². The third-order valence-electron chi connectivity index (χ3n) is 2.55. The molecule has 0 heterocycles. The number of rotatable bonds is 4. The molecule has 20 heavy (non-hydrogen) atoms. The van der Waals surface area contributed by atoms with E-state index in [-0.39, 0.29) is 5.56 Å². The summed E-state index contributed by atoms with van der Waals surface area (Å²) in [5, 5.41) is 4.91. The first-order chi connectivity index (χ1) is 9.04. The molecule has 9 heteroatoms. The number of nitrogens with zero attached hydrogens (tertiary/aromatic N) is 1. The fourth-order valence-electron chi connectivity index (χ4n) is 1.55. The number of hydrogen-bond donors (Lipinski definition) is 1. The Morgan fingerprint density at radius 3 is 2.40 bits per heavy atom. The van der Waals surface area contributed by atoms with E-state index in [2.05, 4.69) is 0 Å². The van der Waals surface area contributed by atoms with Gasteiger partial charge in [0, 0.05) is 7.05 Å². The second kappa shape index (κ2) is 5.80. The van der Waals surface area contributed by atoms with E-state index in [9.17, 15) is 26.4 Å². The van der Waals surface area contributed by atoms with Crippen LogP contribution < -0.4 is 5.14 Å². The van der Waals surface area contributed by atoms with E-state index in [1.54, 1.807) is 0 Å². The summed E-state index contributed by atoms with van der Waals surface area (Å²) in [7, 11) is -3.07. The molecule has 1 amide bonds. The lowest BCUT2D eigenvalue weighted by Crippen LogP contribution is -2.32. The van der Waals surface area contributed by atoms with Crippen LogP contribution in [0.2, 0.25) is 0 Å². The molecule has 1 aromatic rings. The third-order valence-corrected chi connectivity index (χ3v) is 3.44. The largest absolute Gasteiger partial charge is 0.336 e. The van der Waals surface area contributed by atoms with E-state index >= 15 is 0 Å². The van der Waals surface area contributed by atoms with Gasteiger partial charge in [0.25, 0.3) is 12.3 Å². The lowest BCUT2D eigenvalue weighted by atomic mass is 10.1. The number of halogens is 3. The van der Waals surface area contributed by atoms with Crippen LogP contribution in [0.5, 0.6) is 0 Å². The lowest BCUT2D eigenvalue weighted by molar-refractivity contribution is 0.0616. The summed E-state index contributed by atoms with van der Waals surface area (Å²) in [5.74, 6) is -2.01. The van der Waals surface area contributed by atoms with Crippen LogP contribution in [-0.4, -0.2) is 39.2 Å². The molecule has 0 aliphatic rings. The molecule has 5 nitrogen and oxygen atoms in total. The monoisotopic (exact) mass is 310 g/mol. The third kappa shape index (κ3) is 3.70. The summed E-state index contributed by atoms with van der Waals surface area (Å²) in [6, 6.07) is 1.70. The van der Waals surface area contributed by atoms with Crippen molar-refractivity contribution in [3.63, 3.8) is 0 Å². The van der Waals surface area contributed by atoms with E-state index in [0.29, 0.717) is 4.90 Å². The average Bonchev–Trinajstić information content (AvgIpc) is 2.29. The van der Waals surface area contributed by atoms with Crippen LogP contribution in [0.3, 0.4) is 0 Å². The van der Waals surface area contributed by atoms with Gasteiger partial charge in [0.15, 0.2) is 0 Å². The zero-order valence-corrected chi connectivity index (χ0v) is 11.5. The first kappa shape index (κ1) is 16.4. The number of carbonyl (C=O) groups is 1. The molecular formula is C11H13F3N2O3S. The zero-order valence-electron chi connectivity index (χ0n) is 10.7. The molecule has 1 aromatic carbocycles. The van der Waals surface area contributed by atoms with Crippen LogP contribution in [0.25, 0.3) is 0 Å². The molecule has 0 radical (unpaired) electrons. The van der Waals surface area contributed by atoms with Crippen molar-refractivity contribution in [2.75, 3.05) is 13.6 Å². The second-order valence-corrected chi connectivity index (χ2v) is 5.78. The fraction of sp³-hybridized carbons (Fsp3) is 0.364. The molecule has 0 unspecified atom stereocenters. The Kier molecular flexibility index (Phi) is 4.77. The number of hydrogen-bond acceptors (Lipinski definition) is 3. The first-order valence-electron chi connectivity index (χ1n) is 5.40. The summed E-state index contributed by atoms with van der Waals surface area (Å²) in [6.45, 7) is 0.352. The van der Waals surface area contributed by atoms with Gasteiger partial charge in [-0.15, -0.1) is 0 Å². The minimum atomic E-state index is -4.13. The topological polar surface area (TPSA) is 80.5 Å². The Hall–Kier alpha value is -1.61. The average molecular weight is 310 g/mol. The minimum absolute atomic E-state index is 0.120. The van der Waals surface area contributed by atoms with Gasteiger partial charge in [0.05, 0.1) is 17.0 Å². The Labute approximate surface area is 114 Å². The highest BCUT2D eigenvalue weighted by Gasteiger charge is 2.23. The van der Waals surface area contributed by atoms with E-state index < -0.39 is 45.2 Å². The van der Waals surface area contributed by atoms with Gasteiger partial charge in [-0.1, -0.05) is 0 Å². The molecule has 0 saturated carbocycles. The molecule has 0 fully saturated rings. The molecule has 0 aliphatic carbocycles. The maximum Gasteiger partial charge on any atom is 0.256 e. The van der Waals surface area contributed by atoms with Crippen LogP contribution in [0, 0.1) is 12.7 Å². The maximum atomic E-state index is 13.8. The van der Waals surface area contributed by atoms with E-state index in [4.69, 9.17) is 5.14 Å². The number of aryl methyl sites for hydroxylation is 1. The van der Waals surface area contributed by atoms with Crippen molar-refractivity contribution in [3.05, 3.63) is 29.1 Å². The van der Waals surface area contributed by atoms with Crippen LogP contribution in [-0.2, 0) is 10.0 Å². The van der Waals surface area contributed by atoms with E-state index in [0.717, 1.165) is 19.2 Å². The number of sulfonamides is 1. The molecule has 0 atom stereocenters. The van der Waals surface area contributed by atoms with Gasteiger partial charge < -0.3 is 4.90 Å². The van der Waals surface area contributed by atoms with Gasteiger partial charge in [-0.05, 0) is 24.6 Å². The van der Waals surface area contributed by atoms with Gasteiger partial charge in [0.2, 0.25) is 10.0 Å². The summed E-state index contributed by atoms with van der Waals surface area (Å²) < 4.78 is 60.7. The fourth-order valence-corrected chi connectivity index (χ4v) is 2.18. The summed E-state index contributed by atoms with van der Waals surface area (Å²) in [6.07, 6.45) is -2.78. The standard InChI is InChI=1S/C11H13F3N2O3S/c1-6-3-7(20(15,18)19)4-8(10(6)14)11(17)16(2)5-9(12)13/h3-4,9H,5H2,1-2H3,(H2,15,18,19). The molecule has 2 N–H and O–H groups in total. The predicted molar refractivity (Wildman–Crippen MR) is 65.5 cm³/mol. The van der Waals surface area contributed by atoms with Gasteiger partial charge in [-0.25, -0.2) is 26.7 Å². The normalized spacial score (nSPS) is 11.8. The summed E-state index contributed by atoms with van der Waals surface area (Å²) in [4.78, 5) is 12.0. The predicted octanol–water partition coefficient (Wildman–Crippen LogP) is 1.12. The molecule has 112 valence electrons. The number of primary sulfonamides is 1. The maximum absolute atomic E-state index is 13.8. The highest BCUT2D eigenvalue weighted by atomic mass is 32.2. The van der Waals surface area contributed by atoms with Crippen LogP contribution in [0.4, 0.5) is 13.2 Å². The quantitative estimate of drug-likeness (QED) is 0.905. The van der Waals surface area contributed by atoms with Crippen molar-refractivity contribution in [2.45, 2.75) is 18.2 Å². The SMILES string of the molecule is Cc1cc(S(N)(=O)=O)cc(C(=O)N(C)CC(F)F)c1F. The van der Waals surface area contributed by atoms with Gasteiger partial charge in [0.1, 0.15) is 5.82 Å². The van der Waals surface area contributed by atoms with Crippen LogP contribution in [0.1, 0.15) is 15.9 Å².